The maximum absolute atomic E-state index is 13.4. The van der Waals surface area contributed by atoms with Gasteiger partial charge in [0.1, 0.15) is 0 Å². The monoisotopic (exact) mass is 603 g/mol. The van der Waals surface area contributed by atoms with Gasteiger partial charge in [-0.05, 0) is 0 Å². The number of fused-ring (bicyclic) bond motifs is 2. The van der Waals surface area contributed by atoms with E-state index in [9.17, 15) is 9.90 Å². The van der Waals surface area contributed by atoms with Crippen LogP contribution in [-0.2, 0) is 25.9 Å². The Kier molecular flexibility index (Phi) is 8.39. The molecular formula is C39H42NO3P. The van der Waals surface area contributed by atoms with Gasteiger partial charge in [-0.1, -0.05) is 0 Å². The molecule has 5 heteroatoms. The summed E-state index contributed by atoms with van der Waals surface area (Å²) in [5, 5.41) is 15.8. The van der Waals surface area contributed by atoms with Crippen LogP contribution in [-0.4, -0.2) is 24.4 Å². The maximum atomic E-state index is 13.4. The number of hydrogen-bond acceptors (Lipinski definition) is 4. The van der Waals surface area contributed by atoms with E-state index in [2.05, 4.69) is 102 Å². The van der Waals surface area contributed by atoms with Gasteiger partial charge in [-0.25, -0.2) is 0 Å². The second kappa shape index (κ2) is 12.7. The standard InChI is InChI=1S/C39H42NO3P/c41-28-36-33(39(42)43-38-34-23-14-25-40-24-13-15-29(37(34)40)27-35(36)38)22-11-4-12-26-44(30-16-5-1-6-17-30,31-18-7-2-8-19-31)32-20-9-3-10-21-32/h1-3,5-10,16-21,27,41,44H,4,11-15,22-26,28H2. The Bertz CT molecular complexity index is 1700. The molecule has 0 atom stereocenters. The van der Waals surface area contributed by atoms with Crippen LogP contribution in [0.15, 0.2) is 106 Å². The van der Waals surface area contributed by atoms with Crippen molar-refractivity contribution >= 4 is 39.8 Å². The van der Waals surface area contributed by atoms with Crippen molar-refractivity contribution in [3.8, 4) is 0 Å². The zero-order valence-electron chi connectivity index (χ0n) is 25.4. The van der Waals surface area contributed by atoms with Crippen molar-refractivity contribution in [2.75, 3.05) is 24.2 Å². The molecule has 0 bridgehead atoms. The number of anilines is 1. The molecule has 0 unspecified atom stereocenters. The third-order valence-electron chi connectivity index (χ3n) is 10.0. The molecule has 0 spiro atoms. The fourth-order valence-electron chi connectivity index (χ4n) is 8.02. The fraction of sp³-hybridized carbons (Fsp3) is 0.308. The van der Waals surface area contributed by atoms with E-state index in [4.69, 9.17) is 4.42 Å². The third kappa shape index (κ3) is 5.19. The molecule has 0 radical (unpaired) electrons. The minimum atomic E-state index is -2.27. The zero-order chi connectivity index (χ0) is 29.9. The van der Waals surface area contributed by atoms with Gasteiger partial charge in [0.2, 0.25) is 0 Å². The van der Waals surface area contributed by atoms with Crippen molar-refractivity contribution in [3.63, 3.8) is 0 Å². The van der Waals surface area contributed by atoms with Gasteiger partial charge in [-0.3, -0.25) is 0 Å². The summed E-state index contributed by atoms with van der Waals surface area (Å²) in [5.74, 6) is 0. The predicted molar refractivity (Wildman–Crippen MR) is 186 cm³/mol. The topological polar surface area (TPSA) is 53.7 Å². The average Bonchev–Trinajstić information content (AvgIpc) is 3.08. The quantitative estimate of drug-likeness (QED) is 0.114. The average molecular weight is 604 g/mol. The van der Waals surface area contributed by atoms with E-state index in [1.165, 1.54) is 32.7 Å². The first kappa shape index (κ1) is 29.0. The van der Waals surface area contributed by atoms with Crippen LogP contribution in [0.5, 0.6) is 0 Å². The van der Waals surface area contributed by atoms with Crippen LogP contribution in [0.4, 0.5) is 5.69 Å². The molecule has 4 aromatic carbocycles. The molecule has 7 rings (SSSR count). The number of unbranched alkanes of at least 4 members (excludes halogenated alkanes) is 2. The molecule has 44 heavy (non-hydrogen) atoms. The Morgan fingerprint density at radius 1 is 0.727 bits per heavy atom. The molecule has 5 aromatic rings. The summed E-state index contributed by atoms with van der Waals surface area (Å²) in [6, 6.07) is 35.4. The summed E-state index contributed by atoms with van der Waals surface area (Å²) < 4.78 is 6.10. The van der Waals surface area contributed by atoms with Crippen LogP contribution in [0.1, 0.15) is 54.4 Å². The van der Waals surface area contributed by atoms with E-state index in [-0.39, 0.29) is 12.2 Å². The summed E-state index contributed by atoms with van der Waals surface area (Å²) >= 11 is 0. The fourth-order valence-corrected chi connectivity index (χ4v) is 12.9. The Morgan fingerprint density at radius 2 is 1.32 bits per heavy atom. The summed E-state index contributed by atoms with van der Waals surface area (Å²) in [5.41, 5.74) is 5.68. The molecule has 1 aromatic heterocycles. The Balaban J connectivity index is 1.16. The van der Waals surface area contributed by atoms with Crippen LogP contribution >= 0.6 is 7.26 Å². The Morgan fingerprint density at radius 3 is 1.91 bits per heavy atom. The number of hydrogen-bond donors (Lipinski definition) is 1. The number of nitrogens with zero attached hydrogens (tertiary/aromatic N) is 1. The van der Waals surface area contributed by atoms with Gasteiger partial charge in [-0.2, -0.15) is 0 Å². The van der Waals surface area contributed by atoms with Gasteiger partial charge in [0, 0.05) is 13.1 Å². The van der Waals surface area contributed by atoms with Crippen LogP contribution in [0.2, 0.25) is 0 Å². The Labute approximate surface area is 260 Å². The van der Waals surface area contributed by atoms with E-state index in [0.29, 0.717) is 17.6 Å². The number of aliphatic hydroxyl groups is 1. The van der Waals surface area contributed by atoms with Crippen molar-refractivity contribution < 1.29 is 9.52 Å². The van der Waals surface area contributed by atoms with Crippen LogP contribution in [0.25, 0.3) is 11.0 Å². The molecule has 226 valence electrons. The summed E-state index contributed by atoms with van der Waals surface area (Å²) in [7, 11) is -2.27. The molecule has 3 heterocycles. The third-order valence-corrected chi connectivity index (χ3v) is 15.1. The Hall–Kier alpha value is -3.72. The first-order valence-electron chi connectivity index (χ1n) is 16.4. The minimum absolute atomic E-state index is 0.134. The molecule has 2 aliphatic rings. The van der Waals surface area contributed by atoms with Crippen molar-refractivity contribution in [1.29, 1.82) is 0 Å². The number of benzene rings is 4. The van der Waals surface area contributed by atoms with E-state index >= 15 is 0 Å². The zero-order valence-corrected chi connectivity index (χ0v) is 26.4. The molecule has 0 saturated heterocycles. The van der Waals surface area contributed by atoms with Gasteiger partial charge in [-0.15, -0.1) is 0 Å². The molecule has 1 N–H and O–H groups in total. The van der Waals surface area contributed by atoms with Crippen molar-refractivity contribution in [1.82, 2.24) is 0 Å². The first-order chi connectivity index (χ1) is 21.7. The van der Waals surface area contributed by atoms with E-state index < -0.39 is 7.26 Å². The van der Waals surface area contributed by atoms with Crippen molar-refractivity contribution in [3.05, 3.63) is 130 Å². The number of aryl methyl sites for hydroxylation is 2. The van der Waals surface area contributed by atoms with Gasteiger partial charge < -0.3 is 0 Å². The van der Waals surface area contributed by atoms with Crippen molar-refractivity contribution in [2.24, 2.45) is 0 Å². The number of rotatable bonds is 10. The number of aliphatic hydroxyl groups excluding tert-OH is 1. The van der Waals surface area contributed by atoms with Gasteiger partial charge in [0.15, 0.2) is 0 Å². The van der Waals surface area contributed by atoms with Gasteiger partial charge in [0.25, 0.3) is 0 Å². The molecule has 4 nitrogen and oxygen atoms in total. The SMILES string of the molecule is O=c1oc2c3c4c(cc2c(CO)c1CCCCC[PH](c1ccccc1)(c1ccccc1)c1ccccc1)CCCN4CCC3. The normalized spacial score (nSPS) is 14.9. The second-order valence-corrected chi connectivity index (χ2v) is 16.5. The van der Waals surface area contributed by atoms with Crippen LogP contribution in [0, 0.1) is 0 Å². The molecule has 0 fully saturated rings. The van der Waals surface area contributed by atoms with E-state index in [0.717, 1.165) is 75.1 Å². The molecule has 0 aliphatic carbocycles. The molecule has 2 aliphatic heterocycles. The molecular weight excluding hydrogens is 561 g/mol. The van der Waals surface area contributed by atoms with Crippen LogP contribution in [0.3, 0.4) is 0 Å². The summed E-state index contributed by atoms with van der Waals surface area (Å²) in [6.45, 7) is 2.01. The summed E-state index contributed by atoms with van der Waals surface area (Å²) in [6.07, 6.45) is 8.88. The molecule has 0 saturated carbocycles. The van der Waals surface area contributed by atoms with Crippen molar-refractivity contribution in [2.45, 2.75) is 58.0 Å². The first-order valence-corrected chi connectivity index (χ1v) is 18.6. The van der Waals surface area contributed by atoms with Crippen LogP contribution < -0.4 is 26.4 Å². The predicted octanol–water partition coefficient (Wildman–Crippen LogP) is 6.42. The van der Waals surface area contributed by atoms with E-state index in [1.807, 2.05) is 0 Å². The van der Waals surface area contributed by atoms with Gasteiger partial charge in [0.05, 0.1) is 0 Å². The van der Waals surface area contributed by atoms with Gasteiger partial charge >= 0.3 is 248 Å². The molecule has 0 amide bonds. The van der Waals surface area contributed by atoms with E-state index in [1.54, 1.807) is 0 Å². The second-order valence-electron chi connectivity index (χ2n) is 12.5. The summed E-state index contributed by atoms with van der Waals surface area (Å²) in [4.78, 5) is 15.9.